The van der Waals surface area contributed by atoms with Gasteiger partial charge in [-0.15, -0.1) is 11.3 Å². The molecule has 0 spiro atoms. The molecule has 4 aromatic rings. The molecule has 0 saturated heterocycles. The van der Waals surface area contributed by atoms with Gasteiger partial charge in [-0.1, -0.05) is 18.2 Å². The molecule has 0 fully saturated rings. The lowest BCUT2D eigenvalue weighted by atomic mass is 10.1. The number of fused-ring (bicyclic) bond motifs is 1. The average molecular weight is 393 g/mol. The molecule has 3 N–H and O–H groups in total. The normalized spacial score (nSPS) is 11.0. The Labute approximate surface area is 166 Å². The quantitative estimate of drug-likeness (QED) is 0.462. The van der Waals surface area contributed by atoms with Crippen LogP contribution in [0.1, 0.15) is 10.4 Å². The van der Waals surface area contributed by atoms with Crippen LogP contribution in [0.3, 0.4) is 0 Å². The maximum absolute atomic E-state index is 13.7. The summed E-state index contributed by atoms with van der Waals surface area (Å²) in [7, 11) is 1.65. The number of nitrogens with zero attached hydrogens (tertiary/aromatic N) is 1. The summed E-state index contributed by atoms with van der Waals surface area (Å²) in [5.74, 6) is 0.569. The number of rotatable bonds is 5. The van der Waals surface area contributed by atoms with Crippen molar-refractivity contribution < 1.29 is 9.13 Å². The average Bonchev–Trinajstić information content (AvgIpc) is 3.04. The molecule has 0 saturated carbocycles. The molecule has 6 heteroatoms. The molecule has 0 atom stereocenters. The number of thiophene rings is 1. The molecule has 4 rings (SSSR count). The van der Waals surface area contributed by atoms with Crippen LogP contribution in [0.25, 0.3) is 21.5 Å². The van der Waals surface area contributed by atoms with E-state index in [0.29, 0.717) is 17.8 Å². The smallest absolute Gasteiger partial charge is 0.128 e. The van der Waals surface area contributed by atoms with Crippen LogP contribution in [0.4, 0.5) is 15.8 Å². The number of ether oxygens (including phenoxy) is 1. The number of nitrogens with one attached hydrogen (secondary N) is 1. The summed E-state index contributed by atoms with van der Waals surface area (Å²) in [5, 5.41) is 4.21. The monoisotopic (exact) mass is 393 g/mol. The van der Waals surface area contributed by atoms with Crippen molar-refractivity contribution in [2.24, 2.45) is 0 Å². The second-order valence-corrected chi connectivity index (χ2v) is 7.57. The predicted molar refractivity (Wildman–Crippen MR) is 114 cm³/mol. The van der Waals surface area contributed by atoms with E-state index in [-0.39, 0.29) is 5.82 Å². The molecule has 28 heavy (non-hydrogen) atoms. The summed E-state index contributed by atoms with van der Waals surface area (Å²) in [4.78, 5) is 6.64. The number of anilines is 2. The highest BCUT2D eigenvalue weighted by atomic mass is 32.1. The zero-order chi connectivity index (χ0) is 19.7. The van der Waals surface area contributed by atoms with Gasteiger partial charge in [0.2, 0.25) is 0 Å². The van der Waals surface area contributed by atoms with Crippen molar-refractivity contribution in [3.8, 4) is 17.0 Å². The van der Waals surface area contributed by atoms with Gasteiger partial charge in [0.25, 0.3) is 0 Å². The van der Waals surface area contributed by atoms with Crippen LogP contribution in [0, 0.1) is 12.7 Å². The Bertz CT molecular complexity index is 1160. The maximum atomic E-state index is 13.7. The Balaban J connectivity index is 1.63. The number of hydrogen-bond donors (Lipinski definition) is 2. The zero-order valence-corrected chi connectivity index (χ0v) is 16.4. The largest absolute Gasteiger partial charge is 0.497 e. The highest BCUT2D eigenvalue weighted by molar-refractivity contribution is 7.19. The molecule has 4 nitrogen and oxygen atoms in total. The molecule has 2 aromatic carbocycles. The first-order chi connectivity index (χ1) is 13.6. The van der Waals surface area contributed by atoms with Crippen LogP contribution in [0.15, 0.2) is 54.6 Å². The highest BCUT2D eigenvalue weighted by Gasteiger charge is 2.13. The summed E-state index contributed by atoms with van der Waals surface area (Å²) in [6.45, 7) is 2.28. The van der Waals surface area contributed by atoms with E-state index >= 15 is 0 Å². The van der Waals surface area contributed by atoms with E-state index < -0.39 is 0 Å². The fourth-order valence-electron chi connectivity index (χ4n) is 3.09. The number of methoxy groups -OCH3 is 1. The SMILES string of the molecule is COc1cccc(-c2ccc3c(N)c(CNc4cccc(F)c4C)sc3n2)c1. The lowest BCUT2D eigenvalue weighted by Crippen LogP contribution is -2.02. The fraction of sp³-hybridized carbons (Fsp3) is 0.136. The van der Waals surface area contributed by atoms with Gasteiger partial charge in [0.15, 0.2) is 0 Å². The van der Waals surface area contributed by atoms with E-state index in [1.54, 1.807) is 31.4 Å². The van der Waals surface area contributed by atoms with E-state index in [4.69, 9.17) is 15.5 Å². The summed E-state index contributed by atoms with van der Waals surface area (Å²) < 4.78 is 19.0. The first-order valence-corrected chi connectivity index (χ1v) is 9.70. The van der Waals surface area contributed by atoms with Crippen LogP contribution < -0.4 is 15.8 Å². The van der Waals surface area contributed by atoms with Crippen molar-refractivity contribution in [1.82, 2.24) is 4.98 Å². The van der Waals surface area contributed by atoms with Gasteiger partial charge in [-0.3, -0.25) is 0 Å². The van der Waals surface area contributed by atoms with Crippen LogP contribution >= 0.6 is 11.3 Å². The van der Waals surface area contributed by atoms with Gasteiger partial charge in [0.1, 0.15) is 16.4 Å². The van der Waals surface area contributed by atoms with Crippen molar-refractivity contribution in [2.45, 2.75) is 13.5 Å². The van der Waals surface area contributed by atoms with Crippen molar-refractivity contribution in [1.29, 1.82) is 0 Å². The minimum Gasteiger partial charge on any atom is -0.497 e. The molecule has 0 radical (unpaired) electrons. The van der Waals surface area contributed by atoms with Crippen molar-refractivity contribution in [3.05, 3.63) is 70.9 Å². The number of nitrogens with two attached hydrogens (primary N) is 1. The third-order valence-corrected chi connectivity index (χ3v) is 5.86. The van der Waals surface area contributed by atoms with Crippen molar-refractivity contribution in [2.75, 3.05) is 18.2 Å². The van der Waals surface area contributed by atoms with Gasteiger partial charge in [-0.05, 0) is 43.3 Å². The minimum absolute atomic E-state index is 0.223. The van der Waals surface area contributed by atoms with Crippen LogP contribution in [-0.2, 0) is 6.54 Å². The number of hydrogen-bond acceptors (Lipinski definition) is 5. The molecular weight excluding hydrogens is 373 g/mol. The Morgan fingerprint density at radius 1 is 1.14 bits per heavy atom. The standard InChI is InChI=1S/C22H20FN3OS/c1-13-17(23)7-4-8-18(13)25-12-20-21(24)16-9-10-19(26-22(16)28-20)14-5-3-6-15(11-14)27-2/h3-11,25H,12,24H2,1-2H3. The van der Waals surface area contributed by atoms with E-state index in [1.165, 1.54) is 6.07 Å². The second-order valence-electron chi connectivity index (χ2n) is 6.49. The van der Waals surface area contributed by atoms with E-state index in [2.05, 4.69) is 5.32 Å². The molecule has 0 unspecified atom stereocenters. The number of pyridine rings is 1. The Morgan fingerprint density at radius 3 is 2.79 bits per heavy atom. The second kappa shape index (κ2) is 7.48. The summed E-state index contributed by atoms with van der Waals surface area (Å²) in [5.41, 5.74) is 10.3. The number of nitrogen functional groups attached to an aromatic ring is 1. The Hall–Kier alpha value is -3.12. The van der Waals surface area contributed by atoms with Gasteiger partial charge in [-0.2, -0.15) is 0 Å². The minimum atomic E-state index is -0.223. The summed E-state index contributed by atoms with van der Waals surface area (Å²) >= 11 is 1.55. The first-order valence-electron chi connectivity index (χ1n) is 8.88. The van der Waals surface area contributed by atoms with Crippen LogP contribution in [0.2, 0.25) is 0 Å². The summed E-state index contributed by atoms with van der Waals surface area (Å²) in [6, 6.07) is 16.8. The number of aromatic nitrogens is 1. The lowest BCUT2D eigenvalue weighted by molar-refractivity contribution is 0.415. The summed E-state index contributed by atoms with van der Waals surface area (Å²) in [6.07, 6.45) is 0. The fourth-order valence-corrected chi connectivity index (χ4v) is 4.12. The third kappa shape index (κ3) is 3.39. The molecule has 0 amide bonds. The van der Waals surface area contributed by atoms with Gasteiger partial charge in [0.05, 0.1) is 25.0 Å². The van der Waals surface area contributed by atoms with Crippen molar-refractivity contribution in [3.63, 3.8) is 0 Å². The molecule has 0 bridgehead atoms. The Morgan fingerprint density at radius 2 is 1.96 bits per heavy atom. The predicted octanol–water partition coefficient (Wildman–Crippen LogP) is 5.61. The third-order valence-electron chi connectivity index (χ3n) is 4.74. The highest BCUT2D eigenvalue weighted by Crippen LogP contribution is 2.35. The Kier molecular flexibility index (Phi) is 4.88. The van der Waals surface area contributed by atoms with Gasteiger partial charge in [0, 0.05) is 27.1 Å². The molecule has 0 aliphatic carbocycles. The van der Waals surface area contributed by atoms with E-state index in [1.807, 2.05) is 42.5 Å². The van der Waals surface area contributed by atoms with Crippen molar-refractivity contribution >= 4 is 32.9 Å². The van der Waals surface area contributed by atoms with Gasteiger partial charge >= 0.3 is 0 Å². The van der Waals surface area contributed by atoms with Gasteiger partial charge in [-0.25, -0.2) is 9.37 Å². The molecule has 0 aliphatic rings. The molecule has 2 heterocycles. The lowest BCUT2D eigenvalue weighted by Gasteiger charge is -2.09. The van der Waals surface area contributed by atoms with Crippen LogP contribution in [0.5, 0.6) is 5.75 Å². The maximum Gasteiger partial charge on any atom is 0.128 e. The van der Waals surface area contributed by atoms with Crippen LogP contribution in [-0.4, -0.2) is 12.1 Å². The molecule has 142 valence electrons. The first kappa shape index (κ1) is 18.3. The number of halogens is 1. The topological polar surface area (TPSA) is 60.2 Å². The van der Waals surface area contributed by atoms with Gasteiger partial charge < -0.3 is 15.8 Å². The molecule has 2 aromatic heterocycles. The number of benzene rings is 2. The molecular formula is C22H20FN3OS. The molecule has 0 aliphatic heterocycles. The zero-order valence-electron chi connectivity index (χ0n) is 15.6. The van der Waals surface area contributed by atoms with E-state index in [9.17, 15) is 4.39 Å². The van der Waals surface area contributed by atoms with E-state index in [0.717, 1.165) is 37.8 Å².